The van der Waals surface area contributed by atoms with Crippen molar-refractivity contribution in [1.29, 1.82) is 0 Å². The summed E-state index contributed by atoms with van der Waals surface area (Å²) >= 11 is 0. The Hall–Kier alpha value is -6.12. The Balaban J connectivity index is 1.13. The first kappa shape index (κ1) is 27.0. The summed E-state index contributed by atoms with van der Waals surface area (Å²) in [6.07, 6.45) is 9.04. The van der Waals surface area contributed by atoms with Crippen molar-refractivity contribution in [2.24, 2.45) is 0 Å². The number of anilines is 5. The van der Waals surface area contributed by atoms with E-state index in [4.69, 9.17) is 0 Å². The monoisotopic (exact) mass is 612 g/mol. The molecular weight excluding hydrogens is 581 g/mol. The van der Waals surface area contributed by atoms with Gasteiger partial charge in [0.2, 0.25) is 0 Å². The number of rotatable bonds is 5. The SMILES string of the molecule is C1=CC2c3ccccc3N(c3ccc(N(c4cccc(-c5ccccc5)c4)c4cc5c6c(cccc6c4)-c4ccccc4-5)cc3)C2C=C1. The molecule has 7 aromatic rings. The fourth-order valence-electron chi connectivity index (χ4n) is 8.19. The smallest absolute Gasteiger partial charge is 0.0629 e. The average molecular weight is 613 g/mol. The zero-order chi connectivity index (χ0) is 31.6. The first-order valence-electron chi connectivity index (χ1n) is 16.8. The predicted molar refractivity (Wildman–Crippen MR) is 202 cm³/mol. The van der Waals surface area contributed by atoms with E-state index in [1.165, 1.54) is 61.1 Å². The van der Waals surface area contributed by atoms with Gasteiger partial charge in [-0.1, -0.05) is 127 Å². The summed E-state index contributed by atoms with van der Waals surface area (Å²) in [5.41, 5.74) is 14.9. The maximum atomic E-state index is 2.50. The summed E-state index contributed by atoms with van der Waals surface area (Å²) < 4.78 is 0. The van der Waals surface area contributed by atoms with Crippen LogP contribution in [0.5, 0.6) is 0 Å². The van der Waals surface area contributed by atoms with Crippen LogP contribution in [0.3, 0.4) is 0 Å². The molecule has 0 N–H and O–H groups in total. The minimum absolute atomic E-state index is 0.274. The van der Waals surface area contributed by atoms with Gasteiger partial charge >= 0.3 is 0 Å². The van der Waals surface area contributed by atoms with Crippen LogP contribution in [0.4, 0.5) is 28.4 Å². The summed E-state index contributed by atoms with van der Waals surface area (Å²) in [6.45, 7) is 0. The summed E-state index contributed by atoms with van der Waals surface area (Å²) in [7, 11) is 0. The van der Waals surface area contributed by atoms with Crippen LogP contribution in [0, 0.1) is 0 Å². The largest absolute Gasteiger partial charge is 0.333 e. The molecule has 1 heterocycles. The third-order valence-electron chi connectivity index (χ3n) is 10.3. The van der Waals surface area contributed by atoms with Crippen LogP contribution < -0.4 is 9.80 Å². The summed E-state index contributed by atoms with van der Waals surface area (Å²) in [6, 6.07) is 58.1. The van der Waals surface area contributed by atoms with Gasteiger partial charge in [-0.25, -0.2) is 0 Å². The van der Waals surface area contributed by atoms with Crippen LogP contribution in [0.1, 0.15) is 11.5 Å². The zero-order valence-electron chi connectivity index (χ0n) is 26.4. The molecule has 0 saturated heterocycles. The Morgan fingerprint density at radius 2 is 1.17 bits per heavy atom. The first-order valence-corrected chi connectivity index (χ1v) is 16.8. The lowest BCUT2D eigenvalue weighted by Crippen LogP contribution is -2.28. The number of para-hydroxylation sites is 1. The molecular formula is C46H32N2. The second kappa shape index (κ2) is 10.7. The highest BCUT2D eigenvalue weighted by Gasteiger charge is 2.37. The van der Waals surface area contributed by atoms with E-state index >= 15 is 0 Å². The van der Waals surface area contributed by atoms with Gasteiger partial charge in [0, 0.05) is 34.4 Å². The fraction of sp³-hybridized carbons (Fsp3) is 0.0435. The maximum Gasteiger partial charge on any atom is 0.0629 e. The molecule has 0 radical (unpaired) electrons. The molecule has 0 amide bonds. The van der Waals surface area contributed by atoms with Crippen molar-refractivity contribution < 1.29 is 0 Å². The average Bonchev–Trinajstić information content (AvgIpc) is 3.67. The summed E-state index contributed by atoms with van der Waals surface area (Å²) in [5, 5.41) is 2.60. The number of allylic oxidation sites excluding steroid dienone is 2. The quantitative estimate of drug-likeness (QED) is 0.191. The van der Waals surface area contributed by atoms with E-state index in [2.05, 4.69) is 192 Å². The van der Waals surface area contributed by atoms with Crippen LogP contribution in [0.2, 0.25) is 0 Å². The fourth-order valence-corrected chi connectivity index (χ4v) is 8.19. The van der Waals surface area contributed by atoms with Gasteiger partial charge in [-0.3, -0.25) is 0 Å². The van der Waals surface area contributed by atoms with Crippen molar-refractivity contribution >= 4 is 39.2 Å². The van der Waals surface area contributed by atoms with E-state index in [-0.39, 0.29) is 6.04 Å². The van der Waals surface area contributed by atoms with E-state index in [1.54, 1.807) is 0 Å². The van der Waals surface area contributed by atoms with E-state index in [0.717, 1.165) is 17.1 Å². The normalized spacial score (nSPS) is 16.5. The Bertz CT molecular complexity index is 2420. The summed E-state index contributed by atoms with van der Waals surface area (Å²) in [5.74, 6) is 0.362. The molecule has 0 aromatic heterocycles. The Morgan fingerprint density at radius 3 is 2.04 bits per heavy atom. The molecule has 7 aromatic carbocycles. The van der Waals surface area contributed by atoms with Crippen molar-refractivity contribution in [3.8, 4) is 33.4 Å². The lowest BCUT2D eigenvalue weighted by atomic mass is 9.91. The highest BCUT2D eigenvalue weighted by molar-refractivity contribution is 6.16. The lowest BCUT2D eigenvalue weighted by Gasteiger charge is -2.30. The molecule has 0 fully saturated rings. The Labute approximate surface area is 281 Å². The van der Waals surface area contributed by atoms with Crippen molar-refractivity contribution in [3.63, 3.8) is 0 Å². The first-order chi connectivity index (χ1) is 23.8. The highest BCUT2D eigenvalue weighted by Crippen LogP contribution is 2.51. The standard InChI is InChI=1S/C46H32N2/c1-2-12-31(13-3-1)32-14-10-16-36(28-32)47(37-29-33-15-11-21-42-38-17-4-5-18-39(38)43(30-37)46(33)42)34-24-26-35(27-25-34)48-44-22-8-6-19-40(44)41-20-7-9-23-45(41)48/h1-30,40,44H. The third-order valence-corrected chi connectivity index (χ3v) is 10.3. The number of hydrogen-bond acceptors (Lipinski definition) is 2. The molecule has 2 nitrogen and oxygen atoms in total. The molecule has 0 spiro atoms. The second-order valence-corrected chi connectivity index (χ2v) is 12.9. The van der Waals surface area contributed by atoms with Crippen LogP contribution in [0.25, 0.3) is 44.2 Å². The topological polar surface area (TPSA) is 6.48 Å². The number of nitrogens with zero attached hydrogens (tertiary/aromatic N) is 2. The number of hydrogen-bond donors (Lipinski definition) is 0. The molecule has 1 aliphatic heterocycles. The highest BCUT2D eigenvalue weighted by atomic mass is 15.2. The van der Waals surface area contributed by atoms with Gasteiger partial charge in [0.05, 0.1) is 6.04 Å². The van der Waals surface area contributed by atoms with E-state index < -0.39 is 0 Å². The van der Waals surface area contributed by atoms with Gasteiger partial charge in [0.1, 0.15) is 0 Å². The Morgan fingerprint density at radius 1 is 0.458 bits per heavy atom. The van der Waals surface area contributed by atoms with Gasteiger partial charge < -0.3 is 9.80 Å². The molecule has 2 heteroatoms. The minimum atomic E-state index is 0.274. The van der Waals surface area contributed by atoms with Crippen molar-refractivity contribution in [2.75, 3.05) is 9.80 Å². The molecule has 0 saturated carbocycles. The molecule has 226 valence electrons. The molecule has 2 aliphatic carbocycles. The summed E-state index contributed by atoms with van der Waals surface area (Å²) in [4.78, 5) is 4.92. The van der Waals surface area contributed by atoms with Crippen LogP contribution >= 0.6 is 0 Å². The lowest BCUT2D eigenvalue weighted by molar-refractivity contribution is 0.745. The number of fused-ring (bicyclic) bond motifs is 6. The maximum absolute atomic E-state index is 2.50. The van der Waals surface area contributed by atoms with Gasteiger partial charge in [0.15, 0.2) is 0 Å². The second-order valence-electron chi connectivity index (χ2n) is 12.9. The van der Waals surface area contributed by atoms with Crippen LogP contribution in [0.15, 0.2) is 182 Å². The van der Waals surface area contributed by atoms with E-state index in [1.807, 2.05) is 0 Å². The third kappa shape index (κ3) is 4.13. The predicted octanol–water partition coefficient (Wildman–Crippen LogP) is 12.4. The van der Waals surface area contributed by atoms with Crippen LogP contribution in [-0.2, 0) is 0 Å². The van der Waals surface area contributed by atoms with Crippen molar-refractivity contribution in [3.05, 3.63) is 188 Å². The molecule has 0 bridgehead atoms. The van der Waals surface area contributed by atoms with Crippen molar-refractivity contribution in [1.82, 2.24) is 0 Å². The number of benzene rings is 7. The van der Waals surface area contributed by atoms with E-state index in [9.17, 15) is 0 Å². The molecule has 48 heavy (non-hydrogen) atoms. The molecule has 2 atom stereocenters. The van der Waals surface area contributed by atoms with Gasteiger partial charge in [0.25, 0.3) is 0 Å². The van der Waals surface area contributed by atoms with Crippen LogP contribution in [-0.4, -0.2) is 6.04 Å². The zero-order valence-corrected chi connectivity index (χ0v) is 26.4. The van der Waals surface area contributed by atoms with E-state index in [0.29, 0.717) is 5.92 Å². The van der Waals surface area contributed by atoms with Gasteiger partial charge in [-0.05, 0) is 104 Å². The molecule has 2 unspecified atom stereocenters. The van der Waals surface area contributed by atoms with Gasteiger partial charge in [-0.15, -0.1) is 0 Å². The Kier molecular flexibility index (Phi) is 6.04. The molecule has 10 rings (SSSR count). The molecule has 3 aliphatic rings. The van der Waals surface area contributed by atoms with Crippen molar-refractivity contribution in [2.45, 2.75) is 12.0 Å². The minimum Gasteiger partial charge on any atom is -0.333 e. The van der Waals surface area contributed by atoms with Gasteiger partial charge in [-0.2, -0.15) is 0 Å².